The molecule has 2 aromatic carbocycles. The first-order valence-corrected chi connectivity index (χ1v) is 11.4. The first-order valence-electron chi connectivity index (χ1n) is 11.0. The lowest BCUT2D eigenvalue weighted by molar-refractivity contribution is -0.127. The number of pyridine rings is 1. The molecule has 2 heterocycles. The van der Waals surface area contributed by atoms with Gasteiger partial charge in [0.2, 0.25) is 5.91 Å². The number of nitrogens with zero attached hydrogens (tertiary/aromatic N) is 4. The molecule has 0 atom stereocenters. The molecule has 2 aromatic heterocycles. The smallest absolute Gasteiger partial charge is 0.219 e. The lowest BCUT2D eigenvalue weighted by atomic mass is 10.2. The lowest BCUT2D eigenvalue weighted by Crippen LogP contribution is -2.28. The molecule has 0 fully saturated rings. The van der Waals surface area contributed by atoms with Gasteiger partial charge in [0, 0.05) is 39.1 Å². The number of likely N-dealkylation sites (N-methyl/N-ethyl adjacent to an activating group) is 1. The van der Waals surface area contributed by atoms with Gasteiger partial charge in [-0.2, -0.15) is 0 Å². The van der Waals surface area contributed by atoms with Gasteiger partial charge >= 0.3 is 0 Å². The minimum absolute atomic E-state index is 0.0276. The number of amides is 1. The largest absolute Gasteiger partial charge is 0.491 e. The maximum absolute atomic E-state index is 11.0. The number of fused-ring (bicyclic) bond motifs is 1. The highest BCUT2D eigenvalue weighted by molar-refractivity contribution is 6.32. The highest BCUT2D eigenvalue weighted by Crippen LogP contribution is 2.28. The summed E-state index contributed by atoms with van der Waals surface area (Å²) < 4.78 is 11.3. The second-order valence-corrected chi connectivity index (χ2v) is 7.91. The molecule has 0 aliphatic carbocycles. The van der Waals surface area contributed by atoms with Gasteiger partial charge in [-0.15, -0.1) is 0 Å². The Kier molecular flexibility index (Phi) is 9.62. The number of rotatable bonds is 8. The maximum Gasteiger partial charge on any atom is 0.219 e. The van der Waals surface area contributed by atoms with E-state index in [0.29, 0.717) is 30.5 Å². The number of carbonyl (C=O) groups excluding carboxylic acids is 1. The molecule has 0 spiro atoms. The second kappa shape index (κ2) is 13.1. The van der Waals surface area contributed by atoms with Gasteiger partial charge in [-0.25, -0.2) is 9.97 Å². The topological polar surface area (TPSA) is 89.5 Å². The maximum atomic E-state index is 11.0. The number of hydrogen-bond donors (Lipinski definition) is 1. The first kappa shape index (κ1) is 25.7. The highest BCUT2D eigenvalue weighted by atomic mass is 35.5. The van der Waals surface area contributed by atoms with Crippen molar-refractivity contribution < 1.29 is 14.3 Å². The molecule has 182 valence electrons. The fourth-order valence-corrected chi connectivity index (χ4v) is 3.20. The van der Waals surface area contributed by atoms with Gasteiger partial charge in [-0.3, -0.25) is 9.78 Å². The van der Waals surface area contributed by atoms with E-state index in [4.69, 9.17) is 21.1 Å². The third-order valence-corrected chi connectivity index (χ3v) is 5.35. The SMILES string of the molecule is CC(=O)N(C)CCOc1cccc2ncncc12.CNc1ccc(OCc2ccccn2)c(Cl)c1. The number of ether oxygens (including phenoxy) is 2. The van der Waals surface area contributed by atoms with E-state index in [1.165, 1.54) is 13.3 Å². The molecule has 4 rings (SSSR count). The molecule has 0 unspecified atom stereocenters. The predicted octanol–water partition coefficient (Wildman–Crippen LogP) is 4.84. The van der Waals surface area contributed by atoms with Gasteiger partial charge in [-0.1, -0.05) is 23.7 Å². The first-order chi connectivity index (χ1) is 17.0. The Morgan fingerprint density at radius 3 is 2.63 bits per heavy atom. The van der Waals surface area contributed by atoms with Crippen molar-refractivity contribution >= 4 is 34.1 Å². The van der Waals surface area contributed by atoms with Crippen molar-refractivity contribution in [3.05, 3.63) is 84.0 Å². The van der Waals surface area contributed by atoms with Crippen LogP contribution < -0.4 is 14.8 Å². The van der Waals surface area contributed by atoms with E-state index < -0.39 is 0 Å². The zero-order valence-electron chi connectivity index (χ0n) is 19.9. The Morgan fingerprint density at radius 2 is 1.91 bits per heavy atom. The van der Waals surface area contributed by atoms with E-state index in [1.54, 1.807) is 24.3 Å². The second-order valence-electron chi connectivity index (χ2n) is 7.51. The number of nitrogens with one attached hydrogen (secondary N) is 1. The standard InChI is InChI=1S/C13H13ClN2O.C13H15N3O2/c1-15-10-5-6-13(12(14)8-10)17-9-11-4-2-3-7-16-11;1-10(17)16(2)6-7-18-13-5-3-4-12-11(13)8-14-9-15-12/h2-8,15H,9H2,1H3;3-5,8-9H,6-7H2,1-2H3. The third-order valence-electron chi connectivity index (χ3n) is 5.05. The normalized spacial score (nSPS) is 10.2. The predicted molar refractivity (Wildman–Crippen MR) is 138 cm³/mol. The molecule has 0 saturated heterocycles. The van der Waals surface area contributed by atoms with E-state index in [2.05, 4.69) is 20.3 Å². The van der Waals surface area contributed by atoms with Crippen molar-refractivity contribution in [3.63, 3.8) is 0 Å². The van der Waals surface area contributed by atoms with Crippen LogP contribution in [-0.4, -0.2) is 53.0 Å². The Hall–Kier alpha value is -3.91. The van der Waals surface area contributed by atoms with Gasteiger partial charge in [0.1, 0.15) is 31.0 Å². The molecule has 8 nitrogen and oxygen atoms in total. The van der Waals surface area contributed by atoms with Crippen molar-refractivity contribution in [2.24, 2.45) is 0 Å². The summed E-state index contributed by atoms with van der Waals surface area (Å²) in [6, 6.07) is 17.0. The minimum atomic E-state index is 0.0276. The van der Waals surface area contributed by atoms with Gasteiger partial charge in [0.15, 0.2) is 0 Å². The molecule has 0 aliphatic heterocycles. The molecule has 0 radical (unpaired) electrons. The Bertz CT molecular complexity index is 1230. The summed E-state index contributed by atoms with van der Waals surface area (Å²) in [7, 11) is 3.60. The van der Waals surface area contributed by atoms with Crippen LogP contribution in [0.1, 0.15) is 12.6 Å². The third kappa shape index (κ3) is 7.82. The van der Waals surface area contributed by atoms with Crippen molar-refractivity contribution in [1.82, 2.24) is 19.9 Å². The van der Waals surface area contributed by atoms with Crippen LogP contribution in [0.3, 0.4) is 0 Å². The molecule has 1 N–H and O–H groups in total. The molecular formula is C26H28ClN5O3. The van der Waals surface area contributed by atoms with E-state index in [1.807, 2.05) is 61.6 Å². The monoisotopic (exact) mass is 493 g/mol. The average Bonchev–Trinajstić information content (AvgIpc) is 2.89. The number of carbonyl (C=O) groups is 1. The molecular weight excluding hydrogens is 466 g/mol. The zero-order valence-corrected chi connectivity index (χ0v) is 20.7. The highest BCUT2D eigenvalue weighted by Gasteiger charge is 2.05. The Balaban J connectivity index is 0.000000196. The van der Waals surface area contributed by atoms with Gasteiger partial charge in [0.05, 0.1) is 28.2 Å². The van der Waals surface area contributed by atoms with Crippen LogP contribution in [0.4, 0.5) is 5.69 Å². The summed E-state index contributed by atoms with van der Waals surface area (Å²) in [5.41, 5.74) is 2.68. The van der Waals surface area contributed by atoms with Crippen molar-refractivity contribution in [3.8, 4) is 11.5 Å². The Morgan fingerprint density at radius 1 is 1.06 bits per heavy atom. The van der Waals surface area contributed by atoms with Crippen LogP contribution in [0.15, 0.2) is 73.3 Å². The van der Waals surface area contributed by atoms with Gasteiger partial charge in [-0.05, 0) is 42.5 Å². The number of anilines is 1. The number of benzene rings is 2. The van der Waals surface area contributed by atoms with Crippen molar-refractivity contribution in [1.29, 1.82) is 0 Å². The van der Waals surface area contributed by atoms with Gasteiger partial charge in [0.25, 0.3) is 0 Å². The van der Waals surface area contributed by atoms with Crippen LogP contribution in [0.5, 0.6) is 11.5 Å². The number of hydrogen-bond acceptors (Lipinski definition) is 7. The average molecular weight is 494 g/mol. The molecule has 0 aliphatic rings. The summed E-state index contributed by atoms with van der Waals surface area (Å²) >= 11 is 6.09. The molecule has 1 amide bonds. The quantitative estimate of drug-likeness (QED) is 0.375. The Labute approximate surface area is 209 Å². The number of aromatic nitrogens is 3. The zero-order chi connectivity index (χ0) is 25.0. The van der Waals surface area contributed by atoms with E-state index in [0.717, 1.165) is 28.0 Å². The summed E-state index contributed by atoms with van der Waals surface area (Å²) in [5.74, 6) is 1.43. The van der Waals surface area contributed by atoms with Crippen LogP contribution in [0, 0.1) is 0 Å². The molecule has 9 heteroatoms. The molecule has 35 heavy (non-hydrogen) atoms. The molecule has 4 aromatic rings. The van der Waals surface area contributed by atoms with Gasteiger partial charge < -0.3 is 19.7 Å². The van der Waals surface area contributed by atoms with Crippen molar-refractivity contribution in [2.75, 3.05) is 32.6 Å². The van der Waals surface area contributed by atoms with Crippen molar-refractivity contribution in [2.45, 2.75) is 13.5 Å². The summed E-state index contributed by atoms with van der Waals surface area (Å²) in [6.07, 6.45) is 4.98. The minimum Gasteiger partial charge on any atom is -0.491 e. The summed E-state index contributed by atoms with van der Waals surface area (Å²) in [5, 5.41) is 4.49. The molecule has 0 bridgehead atoms. The van der Waals surface area contributed by atoms with Crippen LogP contribution in [0.2, 0.25) is 5.02 Å². The van der Waals surface area contributed by atoms with Crippen LogP contribution in [-0.2, 0) is 11.4 Å². The lowest BCUT2D eigenvalue weighted by Gasteiger charge is -2.15. The fourth-order valence-electron chi connectivity index (χ4n) is 2.96. The van der Waals surface area contributed by atoms with Crippen LogP contribution >= 0.6 is 11.6 Å². The fraction of sp³-hybridized carbons (Fsp3) is 0.231. The van der Waals surface area contributed by atoms with E-state index in [-0.39, 0.29) is 5.91 Å². The summed E-state index contributed by atoms with van der Waals surface area (Å²) in [6.45, 7) is 2.95. The van der Waals surface area contributed by atoms with E-state index in [9.17, 15) is 4.79 Å². The molecule has 0 saturated carbocycles. The number of halogens is 1. The van der Waals surface area contributed by atoms with Crippen LogP contribution in [0.25, 0.3) is 10.9 Å². The summed E-state index contributed by atoms with van der Waals surface area (Å²) in [4.78, 5) is 25.0. The van der Waals surface area contributed by atoms with E-state index >= 15 is 0 Å².